The predicted octanol–water partition coefficient (Wildman–Crippen LogP) is 5.25. The number of hydrogen-bond acceptors (Lipinski definition) is 4. The van der Waals surface area contributed by atoms with Crippen LogP contribution in [0, 0.1) is 0 Å². The van der Waals surface area contributed by atoms with Crippen LogP contribution in [0.15, 0.2) is 91.1 Å². The van der Waals surface area contributed by atoms with Crippen molar-refractivity contribution < 1.29 is 9.90 Å². The average Bonchev–Trinajstić information content (AvgIpc) is 2.75. The molecule has 1 aromatic heterocycles. The lowest BCUT2D eigenvalue weighted by molar-refractivity contribution is 0.0697. The van der Waals surface area contributed by atoms with Crippen molar-refractivity contribution in [1.82, 2.24) is 9.97 Å². The molecule has 0 radical (unpaired) electrons. The van der Waals surface area contributed by atoms with Gasteiger partial charge >= 0.3 is 5.97 Å². The number of anilines is 2. The Hall–Kier alpha value is -3.99. The van der Waals surface area contributed by atoms with Crippen LogP contribution in [0.2, 0.25) is 0 Å². The molecule has 0 saturated heterocycles. The standard InChI is InChI=1S/C23H17N3O2/c27-22(28)18-11-9-17(10-12-18)21-13-14-24-23(26-21)25-20-8-4-7-19(15-20)16-5-2-1-3-6-16/h1-15H,(H,27,28)(H,24,25,26). The van der Waals surface area contributed by atoms with Gasteiger partial charge in [-0.05, 0) is 41.5 Å². The van der Waals surface area contributed by atoms with Gasteiger partial charge in [0.15, 0.2) is 0 Å². The van der Waals surface area contributed by atoms with Crippen molar-refractivity contribution in [2.45, 2.75) is 0 Å². The van der Waals surface area contributed by atoms with E-state index in [0.29, 0.717) is 11.6 Å². The number of carboxylic acid groups (broad SMARTS) is 1. The molecular formula is C23H17N3O2. The van der Waals surface area contributed by atoms with Gasteiger partial charge in [0, 0.05) is 17.4 Å². The molecule has 0 spiro atoms. The third-order valence-electron chi connectivity index (χ3n) is 4.31. The SMILES string of the molecule is O=C(O)c1ccc(-c2ccnc(Nc3cccc(-c4ccccc4)c3)n2)cc1. The Morgan fingerprint density at radius 3 is 2.29 bits per heavy atom. The molecule has 0 saturated carbocycles. The Morgan fingerprint density at radius 1 is 0.786 bits per heavy atom. The molecule has 5 heteroatoms. The van der Waals surface area contributed by atoms with E-state index in [4.69, 9.17) is 5.11 Å². The molecule has 3 aromatic carbocycles. The van der Waals surface area contributed by atoms with Crippen LogP contribution in [0.1, 0.15) is 10.4 Å². The number of carboxylic acids is 1. The van der Waals surface area contributed by atoms with E-state index in [1.807, 2.05) is 36.4 Å². The molecular weight excluding hydrogens is 350 g/mol. The number of aromatic nitrogens is 2. The maximum absolute atomic E-state index is 11.0. The molecule has 4 aromatic rings. The molecule has 0 aliphatic rings. The highest BCUT2D eigenvalue weighted by atomic mass is 16.4. The fraction of sp³-hybridized carbons (Fsp3) is 0. The Bertz CT molecular complexity index is 1110. The fourth-order valence-electron chi connectivity index (χ4n) is 2.90. The number of carbonyl (C=O) groups is 1. The molecule has 0 bridgehead atoms. The summed E-state index contributed by atoms with van der Waals surface area (Å²) < 4.78 is 0. The Labute approximate surface area is 162 Å². The first kappa shape index (κ1) is 17.4. The van der Waals surface area contributed by atoms with Crippen molar-refractivity contribution in [1.29, 1.82) is 0 Å². The van der Waals surface area contributed by atoms with E-state index < -0.39 is 5.97 Å². The maximum Gasteiger partial charge on any atom is 0.335 e. The number of nitrogens with zero attached hydrogens (tertiary/aromatic N) is 2. The van der Waals surface area contributed by atoms with Gasteiger partial charge in [-0.25, -0.2) is 14.8 Å². The molecule has 0 aliphatic heterocycles. The largest absolute Gasteiger partial charge is 0.478 e. The highest BCUT2D eigenvalue weighted by Crippen LogP contribution is 2.24. The summed E-state index contributed by atoms with van der Waals surface area (Å²) in [5, 5.41) is 12.3. The smallest absolute Gasteiger partial charge is 0.335 e. The lowest BCUT2D eigenvalue weighted by Gasteiger charge is -2.09. The van der Waals surface area contributed by atoms with Gasteiger partial charge in [0.05, 0.1) is 11.3 Å². The first-order valence-electron chi connectivity index (χ1n) is 8.78. The van der Waals surface area contributed by atoms with Crippen LogP contribution >= 0.6 is 0 Å². The summed E-state index contributed by atoms with van der Waals surface area (Å²) in [5.74, 6) is -0.472. The summed E-state index contributed by atoms with van der Waals surface area (Å²) in [5.41, 5.74) is 4.92. The predicted molar refractivity (Wildman–Crippen MR) is 110 cm³/mol. The highest BCUT2D eigenvalue weighted by molar-refractivity contribution is 5.88. The maximum atomic E-state index is 11.0. The monoisotopic (exact) mass is 367 g/mol. The van der Waals surface area contributed by atoms with Crippen molar-refractivity contribution in [2.24, 2.45) is 0 Å². The van der Waals surface area contributed by atoms with Crippen LogP contribution < -0.4 is 5.32 Å². The second kappa shape index (κ2) is 7.72. The first-order valence-corrected chi connectivity index (χ1v) is 8.78. The topological polar surface area (TPSA) is 75.1 Å². The van der Waals surface area contributed by atoms with Crippen molar-refractivity contribution in [2.75, 3.05) is 5.32 Å². The number of hydrogen-bond donors (Lipinski definition) is 2. The van der Waals surface area contributed by atoms with E-state index in [0.717, 1.165) is 22.4 Å². The molecule has 4 rings (SSSR count). The fourth-order valence-corrected chi connectivity index (χ4v) is 2.90. The van der Waals surface area contributed by atoms with Gasteiger partial charge in [0.25, 0.3) is 0 Å². The van der Waals surface area contributed by atoms with Crippen LogP contribution in [-0.4, -0.2) is 21.0 Å². The number of nitrogens with one attached hydrogen (secondary N) is 1. The second-order valence-corrected chi connectivity index (χ2v) is 6.22. The van der Waals surface area contributed by atoms with Gasteiger partial charge in [0.1, 0.15) is 0 Å². The molecule has 0 atom stereocenters. The van der Waals surface area contributed by atoms with E-state index in [2.05, 4.69) is 33.5 Å². The zero-order valence-corrected chi connectivity index (χ0v) is 14.9. The van der Waals surface area contributed by atoms with Gasteiger partial charge in [-0.2, -0.15) is 0 Å². The molecule has 5 nitrogen and oxygen atoms in total. The number of aromatic carboxylic acids is 1. The van der Waals surface area contributed by atoms with Crippen LogP contribution in [0.4, 0.5) is 11.6 Å². The summed E-state index contributed by atoms with van der Waals surface area (Å²) >= 11 is 0. The minimum absolute atomic E-state index is 0.244. The van der Waals surface area contributed by atoms with E-state index in [-0.39, 0.29) is 5.56 Å². The molecule has 2 N–H and O–H groups in total. The van der Waals surface area contributed by atoms with Gasteiger partial charge in [-0.15, -0.1) is 0 Å². The summed E-state index contributed by atoms with van der Waals surface area (Å²) in [6, 6.07) is 26.6. The van der Waals surface area contributed by atoms with E-state index in [9.17, 15) is 4.79 Å². The summed E-state index contributed by atoms with van der Waals surface area (Å²) in [4.78, 5) is 19.8. The third-order valence-corrected chi connectivity index (χ3v) is 4.31. The third kappa shape index (κ3) is 3.88. The van der Waals surface area contributed by atoms with Crippen molar-refractivity contribution in [3.05, 3.63) is 96.7 Å². The second-order valence-electron chi connectivity index (χ2n) is 6.22. The minimum atomic E-state index is -0.949. The molecule has 0 unspecified atom stereocenters. The average molecular weight is 367 g/mol. The lowest BCUT2D eigenvalue weighted by Crippen LogP contribution is -1.99. The van der Waals surface area contributed by atoms with E-state index >= 15 is 0 Å². The van der Waals surface area contributed by atoms with Gasteiger partial charge in [0.2, 0.25) is 5.95 Å². The van der Waals surface area contributed by atoms with Gasteiger partial charge in [-0.1, -0.05) is 54.6 Å². The van der Waals surface area contributed by atoms with E-state index in [1.54, 1.807) is 36.5 Å². The van der Waals surface area contributed by atoms with Crippen LogP contribution in [0.5, 0.6) is 0 Å². The van der Waals surface area contributed by atoms with Gasteiger partial charge < -0.3 is 10.4 Å². The Balaban J connectivity index is 1.58. The summed E-state index contributed by atoms with van der Waals surface area (Å²) in [7, 11) is 0. The Morgan fingerprint density at radius 2 is 1.54 bits per heavy atom. The van der Waals surface area contributed by atoms with Crippen molar-refractivity contribution >= 4 is 17.6 Å². The molecule has 136 valence electrons. The lowest BCUT2D eigenvalue weighted by atomic mass is 10.1. The molecule has 0 fully saturated rings. The van der Waals surface area contributed by atoms with Crippen molar-refractivity contribution in [3.8, 4) is 22.4 Å². The number of benzene rings is 3. The summed E-state index contributed by atoms with van der Waals surface area (Å²) in [6.07, 6.45) is 1.68. The van der Waals surface area contributed by atoms with E-state index in [1.165, 1.54) is 0 Å². The summed E-state index contributed by atoms with van der Waals surface area (Å²) in [6.45, 7) is 0. The highest BCUT2D eigenvalue weighted by Gasteiger charge is 2.06. The minimum Gasteiger partial charge on any atom is -0.478 e. The zero-order chi connectivity index (χ0) is 19.3. The normalized spacial score (nSPS) is 10.4. The van der Waals surface area contributed by atoms with Crippen LogP contribution in [0.25, 0.3) is 22.4 Å². The quantitative estimate of drug-likeness (QED) is 0.504. The van der Waals surface area contributed by atoms with Crippen molar-refractivity contribution in [3.63, 3.8) is 0 Å². The van der Waals surface area contributed by atoms with Gasteiger partial charge in [-0.3, -0.25) is 0 Å². The molecule has 0 amide bonds. The Kier molecular flexibility index (Phi) is 4.80. The molecule has 1 heterocycles. The van der Waals surface area contributed by atoms with Crippen LogP contribution in [-0.2, 0) is 0 Å². The number of rotatable bonds is 5. The van der Waals surface area contributed by atoms with Crippen LogP contribution in [0.3, 0.4) is 0 Å². The first-order chi connectivity index (χ1) is 13.7. The zero-order valence-electron chi connectivity index (χ0n) is 14.9. The molecule has 28 heavy (non-hydrogen) atoms. The molecule has 0 aliphatic carbocycles.